The molecule has 0 nitrogen and oxygen atoms in total. The highest BCUT2D eigenvalue weighted by Gasteiger charge is 2.18. The van der Waals surface area contributed by atoms with Crippen molar-refractivity contribution in [3.63, 3.8) is 0 Å². The second-order valence-electron chi connectivity index (χ2n) is 5.50. The Balaban J connectivity index is 2.46. The number of rotatable bonds is 3. The van der Waals surface area contributed by atoms with Crippen LogP contribution in [0.25, 0.3) is 0 Å². The Bertz CT molecular complexity index is 167. The zero-order valence-corrected chi connectivity index (χ0v) is 12.3. The second kappa shape index (κ2) is 8.44. The molecular weight excluding hydrogens is 212 g/mol. The molecule has 1 aliphatic rings. The fraction of sp³-hybridized carbons (Fsp3) is 1.00. The van der Waals surface area contributed by atoms with Crippen LogP contribution >= 0.6 is 11.8 Å². The van der Waals surface area contributed by atoms with E-state index in [1.165, 1.54) is 57.8 Å². The fourth-order valence-electron chi connectivity index (χ4n) is 3.03. The van der Waals surface area contributed by atoms with Crippen LogP contribution in [0.4, 0.5) is 0 Å². The van der Waals surface area contributed by atoms with Gasteiger partial charge < -0.3 is 0 Å². The Morgan fingerprint density at radius 1 is 0.875 bits per heavy atom. The Kier molecular flexibility index (Phi) is 7.60. The first-order valence-corrected chi connectivity index (χ1v) is 8.61. The summed E-state index contributed by atoms with van der Waals surface area (Å²) in [6, 6.07) is 0. The van der Waals surface area contributed by atoms with Gasteiger partial charge in [0.25, 0.3) is 0 Å². The number of hydrogen-bond donors (Lipinski definition) is 0. The lowest BCUT2D eigenvalue weighted by Crippen LogP contribution is -2.14. The van der Waals surface area contributed by atoms with E-state index >= 15 is 0 Å². The van der Waals surface area contributed by atoms with Crippen LogP contribution in [-0.2, 0) is 0 Å². The Morgan fingerprint density at radius 2 is 1.50 bits per heavy atom. The van der Waals surface area contributed by atoms with E-state index < -0.39 is 0 Å². The molecule has 3 unspecified atom stereocenters. The third-order valence-electron chi connectivity index (χ3n) is 4.46. The first kappa shape index (κ1) is 14.4. The van der Waals surface area contributed by atoms with Crippen LogP contribution in [0.1, 0.15) is 71.6 Å². The summed E-state index contributed by atoms with van der Waals surface area (Å²) in [5, 5.41) is 0.942. The second-order valence-corrected chi connectivity index (χ2v) is 6.64. The van der Waals surface area contributed by atoms with Crippen molar-refractivity contribution in [3.8, 4) is 0 Å². The van der Waals surface area contributed by atoms with Gasteiger partial charge in [0.05, 0.1) is 0 Å². The highest BCUT2D eigenvalue weighted by molar-refractivity contribution is 7.99. The lowest BCUT2D eigenvalue weighted by molar-refractivity contribution is 0.337. The number of hydrogen-bond acceptors (Lipinski definition) is 1. The monoisotopic (exact) mass is 242 g/mol. The molecule has 16 heavy (non-hydrogen) atoms. The molecule has 0 heterocycles. The maximum Gasteiger partial charge on any atom is 0.00470 e. The smallest absolute Gasteiger partial charge is 0.00470 e. The zero-order chi connectivity index (χ0) is 11.8. The van der Waals surface area contributed by atoms with E-state index in [0.717, 1.165) is 17.1 Å². The summed E-state index contributed by atoms with van der Waals surface area (Å²) in [7, 11) is 0. The molecule has 0 saturated heterocycles. The van der Waals surface area contributed by atoms with Gasteiger partial charge in [0, 0.05) is 5.25 Å². The molecule has 0 aromatic carbocycles. The molecule has 0 aromatic heterocycles. The van der Waals surface area contributed by atoms with E-state index in [0.29, 0.717) is 0 Å². The van der Waals surface area contributed by atoms with Crippen molar-refractivity contribution in [2.24, 2.45) is 11.8 Å². The molecule has 1 fully saturated rings. The van der Waals surface area contributed by atoms with Gasteiger partial charge >= 0.3 is 0 Å². The first-order chi connectivity index (χ1) is 7.80. The van der Waals surface area contributed by atoms with Crippen LogP contribution in [-0.4, -0.2) is 11.5 Å². The van der Waals surface area contributed by atoms with E-state index in [1.807, 2.05) is 0 Å². The summed E-state index contributed by atoms with van der Waals surface area (Å²) in [5.74, 6) is 2.03. The average molecular weight is 242 g/mol. The zero-order valence-electron chi connectivity index (χ0n) is 11.5. The van der Waals surface area contributed by atoms with Gasteiger partial charge in [0.2, 0.25) is 0 Å². The summed E-state index contributed by atoms with van der Waals surface area (Å²) < 4.78 is 0. The molecule has 1 rings (SSSR count). The van der Waals surface area contributed by atoms with Crippen molar-refractivity contribution >= 4 is 11.8 Å². The van der Waals surface area contributed by atoms with E-state index in [1.54, 1.807) is 0 Å². The van der Waals surface area contributed by atoms with Gasteiger partial charge in [-0.1, -0.05) is 52.4 Å². The molecule has 0 aliphatic heterocycles. The molecule has 1 heteroatoms. The van der Waals surface area contributed by atoms with Gasteiger partial charge in [0.15, 0.2) is 0 Å². The molecule has 3 atom stereocenters. The molecule has 0 radical (unpaired) electrons. The Hall–Kier alpha value is 0.350. The van der Waals surface area contributed by atoms with Crippen LogP contribution in [0, 0.1) is 11.8 Å². The van der Waals surface area contributed by atoms with Gasteiger partial charge in [-0.05, 0) is 37.4 Å². The van der Waals surface area contributed by atoms with Crippen LogP contribution in [0.2, 0.25) is 0 Å². The Labute approximate surface area is 107 Å². The molecular formula is C15H30S. The first-order valence-electron chi connectivity index (χ1n) is 7.32. The lowest BCUT2D eigenvalue weighted by Gasteiger charge is -2.25. The standard InChI is InChI=1S/C15H30S/c1-4-13-8-6-7-9-14(5-2)12-15(16-3)11-10-13/h13-15H,4-12H2,1-3H3. The fourth-order valence-corrected chi connectivity index (χ4v) is 3.87. The molecule has 96 valence electrons. The highest BCUT2D eigenvalue weighted by atomic mass is 32.2. The van der Waals surface area contributed by atoms with Crippen molar-refractivity contribution in [3.05, 3.63) is 0 Å². The minimum atomic E-state index is 0.942. The van der Waals surface area contributed by atoms with E-state index in [-0.39, 0.29) is 0 Å². The molecule has 0 bridgehead atoms. The van der Waals surface area contributed by atoms with Crippen molar-refractivity contribution in [2.75, 3.05) is 6.26 Å². The normalized spacial score (nSPS) is 33.6. The van der Waals surface area contributed by atoms with Gasteiger partial charge in [0.1, 0.15) is 0 Å². The van der Waals surface area contributed by atoms with Gasteiger partial charge in [-0.25, -0.2) is 0 Å². The molecule has 0 spiro atoms. The van der Waals surface area contributed by atoms with Crippen molar-refractivity contribution in [1.29, 1.82) is 0 Å². The van der Waals surface area contributed by atoms with E-state index in [4.69, 9.17) is 0 Å². The molecule has 0 aromatic rings. The maximum atomic E-state index is 2.38. The van der Waals surface area contributed by atoms with Crippen LogP contribution in [0.3, 0.4) is 0 Å². The summed E-state index contributed by atoms with van der Waals surface area (Å²) in [5.41, 5.74) is 0. The summed E-state index contributed by atoms with van der Waals surface area (Å²) in [6.07, 6.45) is 15.5. The molecule has 1 aliphatic carbocycles. The van der Waals surface area contributed by atoms with Crippen LogP contribution < -0.4 is 0 Å². The predicted octanol–water partition coefficient (Wildman–Crippen LogP) is 5.51. The third kappa shape index (κ3) is 5.12. The average Bonchev–Trinajstić information content (AvgIpc) is 2.34. The van der Waals surface area contributed by atoms with Gasteiger partial charge in [-0.2, -0.15) is 11.8 Å². The Morgan fingerprint density at radius 3 is 2.06 bits per heavy atom. The largest absolute Gasteiger partial charge is 0.162 e. The van der Waals surface area contributed by atoms with Gasteiger partial charge in [-0.15, -0.1) is 0 Å². The lowest BCUT2D eigenvalue weighted by atomic mass is 9.86. The van der Waals surface area contributed by atoms with E-state index in [2.05, 4.69) is 31.9 Å². The minimum Gasteiger partial charge on any atom is -0.162 e. The topological polar surface area (TPSA) is 0 Å². The highest BCUT2D eigenvalue weighted by Crippen LogP contribution is 2.31. The molecule has 0 amide bonds. The van der Waals surface area contributed by atoms with Crippen molar-refractivity contribution in [2.45, 2.75) is 76.9 Å². The summed E-state index contributed by atoms with van der Waals surface area (Å²) in [6.45, 7) is 4.75. The summed E-state index contributed by atoms with van der Waals surface area (Å²) in [4.78, 5) is 0. The molecule has 1 saturated carbocycles. The van der Waals surface area contributed by atoms with E-state index in [9.17, 15) is 0 Å². The quantitative estimate of drug-likeness (QED) is 0.628. The maximum absolute atomic E-state index is 2.38. The van der Waals surface area contributed by atoms with Crippen molar-refractivity contribution in [1.82, 2.24) is 0 Å². The van der Waals surface area contributed by atoms with Gasteiger partial charge in [-0.3, -0.25) is 0 Å². The third-order valence-corrected chi connectivity index (χ3v) is 5.55. The predicted molar refractivity (Wildman–Crippen MR) is 77.2 cm³/mol. The molecule has 0 N–H and O–H groups in total. The minimum absolute atomic E-state index is 0.942. The number of thioether (sulfide) groups is 1. The summed E-state index contributed by atoms with van der Waals surface area (Å²) >= 11 is 2.12. The van der Waals surface area contributed by atoms with Crippen molar-refractivity contribution < 1.29 is 0 Å². The van der Waals surface area contributed by atoms with Crippen LogP contribution in [0.15, 0.2) is 0 Å². The van der Waals surface area contributed by atoms with Crippen LogP contribution in [0.5, 0.6) is 0 Å². The SMILES string of the molecule is CCC1CCCCC(CC)CC(SC)CC1.